The molecule has 0 aliphatic rings. The molecule has 0 unspecified atom stereocenters. The van der Waals surface area contributed by atoms with Crippen molar-refractivity contribution in [2.45, 2.75) is 5.41 Å². The van der Waals surface area contributed by atoms with Crippen molar-refractivity contribution in [1.82, 2.24) is 0 Å². The normalized spacial score (nSPS) is 11.0. The van der Waals surface area contributed by atoms with E-state index in [0.29, 0.717) is 5.56 Å². The number of nitriles is 1. The number of nitrogens with zero attached hydrogens (tertiary/aromatic N) is 4. The lowest BCUT2D eigenvalue weighted by Gasteiger charge is -2.38. The summed E-state index contributed by atoms with van der Waals surface area (Å²) in [4.78, 5) is 6.92. The third-order valence-electron chi connectivity index (χ3n) is 13.4. The SMILES string of the molecule is N#Cc1ccccc1-c1ccc(C(c2ccc(N(c3ccccc3)c3ccccc3)cc2)(c2ccc(N(c3ccccc3)c3ccccc3)cc2)c2ccc(N(c3ccccc3)c3ccccc3)cc2)cc1. The van der Waals surface area contributed by atoms with Crippen LogP contribution in [0.4, 0.5) is 51.2 Å². The molecule has 0 radical (unpaired) electrons. The van der Waals surface area contributed by atoms with E-state index in [0.717, 1.165) is 84.6 Å². The van der Waals surface area contributed by atoms with Crippen LogP contribution in [0.2, 0.25) is 0 Å². The molecule has 0 aliphatic heterocycles. The van der Waals surface area contributed by atoms with Crippen molar-refractivity contribution in [3.05, 3.63) is 331 Å². The number of hydrogen-bond donors (Lipinski definition) is 0. The summed E-state index contributed by atoms with van der Waals surface area (Å²) in [6, 6.07) is 110. The molecule has 0 aliphatic carbocycles. The fraction of sp³-hybridized carbons (Fsp3) is 0.0147. The van der Waals surface area contributed by atoms with Gasteiger partial charge in [-0.1, -0.05) is 188 Å². The average Bonchev–Trinajstić information content (AvgIpc) is 3.46. The largest absolute Gasteiger partial charge is 0.311 e. The van der Waals surface area contributed by atoms with E-state index in [2.05, 4.69) is 300 Å². The molecule has 0 heterocycles. The first-order chi connectivity index (χ1) is 35.7. The average molecular weight is 923 g/mol. The number of rotatable bonds is 14. The molecule has 11 aromatic carbocycles. The van der Waals surface area contributed by atoms with Crippen LogP contribution in [0.5, 0.6) is 0 Å². The first kappa shape index (κ1) is 44.8. The summed E-state index contributed by atoms with van der Waals surface area (Å²) >= 11 is 0. The van der Waals surface area contributed by atoms with Gasteiger partial charge >= 0.3 is 0 Å². The smallest absolute Gasteiger partial charge is 0.0998 e. The van der Waals surface area contributed by atoms with Gasteiger partial charge in [0.05, 0.1) is 17.0 Å². The lowest BCUT2D eigenvalue weighted by molar-refractivity contribution is 0.745. The lowest BCUT2D eigenvalue weighted by atomic mass is 9.65. The van der Waals surface area contributed by atoms with Gasteiger partial charge in [-0.25, -0.2) is 0 Å². The molecule has 0 saturated heterocycles. The zero-order chi connectivity index (χ0) is 48.5. The molecular formula is C68H50N4. The van der Waals surface area contributed by atoms with Crippen LogP contribution >= 0.6 is 0 Å². The monoisotopic (exact) mass is 922 g/mol. The Morgan fingerprint density at radius 1 is 0.236 bits per heavy atom. The standard InChI is InChI=1S/C68H50N4/c69-51-53-21-19-20-34-67(53)52-35-37-54(38-36-52)68(55-39-45-64(46-40-55)70(58-22-7-1-8-23-58)59-24-9-2-10-25-59,56-41-47-65(48-42-56)71(60-26-11-3-12-27-60)61-28-13-4-14-29-61)57-43-49-66(50-44-57)72(62-30-15-5-16-31-62)63-32-17-6-18-33-63/h1-50H. The van der Waals surface area contributed by atoms with Crippen LogP contribution in [0.25, 0.3) is 11.1 Å². The van der Waals surface area contributed by atoms with Crippen LogP contribution < -0.4 is 14.7 Å². The van der Waals surface area contributed by atoms with Crippen molar-refractivity contribution in [1.29, 1.82) is 5.26 Å². The molecule has 0 amide bonds. The highest BCUT2D eigenvalue weighted by atomic mass is 15.2. The predicted octanol–water partition coefficient (Wildman–Crippen LogP) is 18.0. The van der Waals surface area contributed by atoms with Crippen LogP contribution in [0.1, 0.15) is 27.8 Å². The maximum atomic E-state index is 10.2. The Morgan fingerprint density at radius 3 is 0.722 bits per heavy atom. The van der Waals surface area contributed by atoms with E-state index in [9.17, 15) is 5.26 Å². The van der Waals surface area contributed by atoms with E-state index in [1.807, 2.05) is 24.3 Å². The molecule has 0 atom stereocenters. The first-order valence-corrected chi connectivity index (χ1v) is 24.3. The summed E-state index contributed by atoms with van der Waals surface area (Å²) in [5.41, 5.74) is 15.7. The molecule has 0 spiro atoms. The lowest BCUT2D eigenvalue weighted by Crippen LogP contribution is -2.31. The molecule has 0 N–H and O–H groups in total. The Balaban J connectivity index is 1.14. The Bertz CT molecular complexity index is 3100. The van der Waals surface area contributed by atoms with E-state index in [-0.39, 0.29) is 0 Å². The highest BCUT2D eigenvalue weighted by molar-refractivity contribution is 5.81. The summed E-state index contributed by atoms with van der Waals surface area (Å²) < 4.78 is 0. The predicted molar refractivity (Wildman–Crippen MR) is 299 cm³/mol. The third kappa shape index (κ3) is 8.80. The molecule has 72 heavy (non-hydrogen) atoms. The second kappa shape index (κ2) is 20.5. The summed E-state index contributed by atoms with van der Waals surface area (Å²) in [7, 11) is 0. The zero-order valence-corrected chi connectivity index (χ0v) is 39.7. The van der Waals surface area contributed by atoms with Gasteiger partial charge in [0, 0.05) is 51.2 Å². The molecule has 11 aromatic rings. The van der Waals surface area contributed by atoms with Crippen molar-refractivity contribution < 1.29 is 0 Å². The van der Waals surface area contributed by atoms with E-state index in [4.69, 9.17) is 0 Å². The van der Waals surface area contributed by atoms with Gasteiger partial charge in [0.1, 0.15) is 0 Å². The Kier molecular flexibility index (Phi) is 12.8. The zero-order valence-electron chi connectivity index (χ0n) is 39.7. The summed E-state index contributed by atoms with van der Waals surface area (Å²) in [6.07, 6.45) is 0. The summed E-state index contributed by atoms with van der Waals surface area (Å²) in [5.74, 6) is 0. The van der Waals surface area contributed by atoms with Gasteiger partial charge in [0.2, 0.25) is 0 Å². The van der Waals surface area contributed by atoms with Gasteiger partial charge in [-0.15, -0.1) is 0 Å². The molecular weight excluding hydrogens is 873 g/mol. The topological polar surface area (TPSA) is 33.5 Å². The molecule has 4 nitrogen and oxygen atoms in total. The Morgan fingerprint density at radius 2 is 0.458 bits per heavy atom. The molecule has 0 saturated carbocycles. The summed E-state index contributed by atoms with van der Waals surface area (Å²) in [6.45, 7) is 0. The molecule has 342 valence electrons. The highest BCUT2D eigenvalue weighted by Crippen LogP contribution is 2.49. The maximum Gasteiger partial charge on any atom is 0.0998 e. The number of benzene rings is 11. The third-order valence-corrected chi connectivity index (χ3v) is 13.4. The molecule has 4 heteroatoms. The van der Waals surface area contributed by atoms with Gasteiger partial charge < -0.3 is 14.7 Å². The van der Waals surface area contributed by atoms with Crippen LogP contribution in [0.15, 0.2) is 303 Å². The van der Waals surface area contributed by atoms with Crippen molar-refractivity contribution >= 4 is 51.2 Å². The molecule has 0 bridgehead atoms. The Hall–Kier alpha value is -9.69. The van der Waals surface area contributed by atoms with Gasteiger partial charge in [-0.05, 0) is 149 Å². The number of hydrogen-bond acceptors (Lipinski definition) is 4. The second-order valence-electron chi connectivity index (χ2n) is 17.6. The minimum atomic E-state index is -0.832. The fourth-order valence-corrected chi connectivity index (χ4v) is 10.1. The molecule has 0 fully saturated rings. The van der Waals surface area contributed by atoms with Crippen LogP contribution in [0, 0.1) is 11.3 Å². The minimum absolute atomic E-state index is 0.641. The number of para-hydroxylation sites is 6. The van der Waals surface area contributed by atoms with Gasteiger partial charge in [0.25, 0.3) is 0 Å². The van der Waals surface area contributed by atoms with E-state index in [1.165, 1.54) is 0 Å². The fourth-order valence-electron chi connectivity index (χ4n) is 10.1. The van der Waals surface area contributed by atoms with Gasteiger partial charge in [-0.2, -0.15) is 5.26 Å². The van der Waals surface area contributed by atoms with E-state index >= 15 is 0 Å². The highest BCUT2D eigenvalue weighted by Gasteiger charge is 2.39. The Labute approximate surface area is 422 Å². The molecule has 0 aromatic heterocycles. The van der Waals surface area contributed by atoms with Crippen LogP contribution in [-0.4, -0.2) is 0 Å². The minimum Gasteiger partial charge on any atom is -0.311 e. The maximum absolute atomic E-state index is 10.2. The quantitative estimate of drug-likeness (QED) is 0.102. The second-order valence-corrected chi connectivity index (χ2v) is 17.6. The van der Waals surface area contributed by atoms with Crippen LogP contribution in [0.3, 0.4) is 0 Å². The van der Waals surface area contributed by atoms with Gasteiger partial charge in [0.15, 0.2) is 0 Å². The number of anilines is 9. The van der Waals surface area contributed by atoms with E-state index < -0.39 is 5.41 Å². The van der Waals surface area contributed by atoms with Crippen LogP contribution in [-0.2, 0) is 5.41 Å². The van der Waals surface area contributed by atoms with E-state index in [1.54, 1.807) is 0 Å². The van der Waals surface area contributed by atoms with Crippen molar-refractivity contribution in [2.75, 3.05) is 14.7 Å². The van der Waals surface area contributed by atoms with Gasteiger partial charge in [-0.3, -0.25) is 0 Å². The molecule has 11 rings (SSSR count). The van der Waals surface area contributed by atoms with Crippen molar-refractivity contribution in [2.24, 2.45) is 0 Å². The first-order valence-electron chi connectivity index (χ1n) is 24.3. The summed E-state index contributed by atoms with van der Waals surface area (Å²) in [5, 5.41) is 10.2. The van der Waals surface area contributed by atoms with Crippen molar-refractivity contribution in [3.63, 3.8) is 0 Å². The van der Waals surface area contributed by atoms with Crippen molar-refractivity contribution in [3.8, 4) is 17.2 Å².